The van der Waals surface area contributed by atoms with E-state index in [1.54, 1.807) is 0 Å². The molecule has 1 heterocycles. The van der Waals surface area contributed by atoms with Gasteiger partial charge in [-0.1, -0.05) is 79.4 Å². The number of hydrogen-bond donors (Lipinski definition) is 0. The fourth-order valence-corrected chi connectivity index (χ4v) is 4.05. The molecule has 0 aliphatic heterocycles. The van der Waals surface area contributed by atoms with Crippen LogP contribution in [0.4, 0.5) is 0 Å². The lowest BCUT2D eigenvalue weighted by atomic mass is 10.1. The first kappa shape index (κ1) is 15.0. The van der Waals surface area contributed by atoms with Gasteiger partial charge >= 0.3 is 0 Å². The van der Waals surface area contributed by atoms with Gasteiger partial charge in [-0.2, -0.15) is 0 Å². The second-order valence-electron chi connectivity index (χ2n) is 6.64. The second kappa shape index (κ2) is 5.89. The summed E-state index contributed by atoms with van der Waals surface area (Å²) in [6, 6.07) is 25.9. The molecular weight excluding hydrogens is 314 g/mol. The molecule has 1 nitrogen and oxygen atoms in total. The highest BCUT2D eigenvalue weighted by Gasteiger charge is 2.13. The molecule has 0 atom stereocenters. The normalized spacial score (nSPS) is 13.8. The van der Waals surface area contributed by atoms with Gasteiger partial charge in [0, 0.05) is 16.0 Å². The van der Waals surface area contributed by atoms with Crippen LogP contribution in [0.2, 0.25) is 0 Å². The Hall–Kier alpha value is -3.32. The third-order valence-electron chi connectivity index (χ3n) is 5.23. The Bertz CT molecular complexity index is 1260. The van der Waals surface area contributed by atoms with Gasteiger partial charge < -0.3 is 4.57 Å². The first-order chi connectivity index (χ1) is 12.9. The maximum absolute atomic E-state index is 4.03. The van der Waals surface area contributed by atoms with E-state index in [0.717, 1.165) is 6.42 Å². The summed E-state index contributed by atoms with van der Waals surface area (Å²) in [5, 5.41) is 5.10. The van der Waals surface area contributed by atoms with Crippen LogP contribution in [-0.2, 0) is 0 Å². The maximum Gasteiger partial charge on any atom is 0.0541 e. The molecule has 1 aromatic heterocycles. The summed E-state index contributed by atoms with van der Waals surface area (Å²) in [4.78, 5) is 0. The predicted molar refractivity (Wildman–Crippen MR) is 111 cm³/mol. The molecule has 5 rings (SSSR count). The van der Waals surface area contributed by atoms with Crippen LogP contribution in [0.1, 0.15) is 6.42 Å². The Kier molecular flexibility index (Phi) is 3.39. The predicted octanol–water partition coefficient (Wildman–Crippen LogP) is 4.75. The maximum atomic E-state index is 4.03. The molecule has 0 bridgehead atoms. The van der Waals surface area contributed by atoms with E-state index in [2.05, 4.69) is 96.1 Å². The van der Waals surface area contributed by atoms with Crippen LogP contribution in [0.25, 0.3) is 33.1 Å². The molecule has 124 valence electrons. The Labute approximate surface area is 152 Å². The molecule has 0 saturated heterocycles. The van der Waals surface area contributed by atoms with E-state index >= 15 is 0 Å². The largest absolute Gasteiger partial charge is 0.309 e. The Morgan fingerprint density at radius 1 is 0.731 bits per heavy atom. The van der Waals surface area contributed by atoms with Gasteiger partial charge in [-0.3, -0.25) is 0 Å². The molecule has 0 radical (unpaired) electrons. The number of nitrogens with zero attached hydrogens (tertiary/aromatic N) is 1. The summed E-state index contributed by atoms with van der Waals surface area (Å²) in [6.07, 6.45) is 7.39. The van der Waals surface area contributed by atoms with E-state index in [9.17, 15) is 0 Å². The van der Waals surface area contributed by atoms with E-state index in [1.165, 1.54) is 43.5 Å². The lowest BCUT2D eigenvalue weighted by Gasteiger charge is -2.09. The van der Waals surface area contributed by atoms with E-state index in [1.807, 2.05) is 6.08 Å². The molecular formula is C25H19N. The highest BCUT2D eigenvalue weighted by molar-refractivity contribution is 6.10. The summed E-state index contributed by atoms with van der Waals surface area (Å²) in [6.45, 7) is 4.03. The lowest BCUT2D eigenvalue weighted by molar-refractivity contribution is 1.21. The van der Waals surface area contributed by atoms with Crippen LogP contribution < -0.4 is 10.4 Å². The van der Waals surface area contributed by atoms with E-state index in [-0.39, 0.29) is 0 Å². The van der Waals surface area contributed by atoms with Crippen molar-refractivity contribution in [2.45, 2.75) is 6.42 Å². The van der Waals surface area contributed by atoms with Gasteiger partial charge in [-0.15, -0.1) is 0 Å². The van der Waals surface area contributed by atoms with Crippen LogP contribution in [0, 0.1) is 0 Å². The molecule has 0 spiro atoms. The standard InChI is InChI=1S/C25H19N/c1-2-18-10-9-17-25(20-12-4-3-11-19(18)20)26-23-15-7-5-13-21(23)22-14-6-8-16-24(22)26/h2-9,11-17H,1,10H2. The van der Waals surface area contributed by atoms with Crippen LogP contribution in [-0.4, -0.2) is 4.57 Å². The molecule has 3 aromatic carbocycles. The van der Waals surface area contributed by atoms with Crippen molar-refractivity contribution in [3.63, 3.8) is 0 Å². The summed E-state index contributed by atoms with van der Waals surface area (Å²) >= 11 is 0. The van der Waals surface area contributed by atoms with Crippen molar-refractivity contribution in [1.29, 1.82) is 0 Å². The average molecular weight is 333 g/mol. The minimum Gasteiger partial charge on any atom is -0.309 e. The summed E-state index contributed by atoms with van der Waals surface area (Å²) in [5.41, 5.74) is 4.97. The number of rotatable bonds is 2. The monoisotopic (exact) mass is 333 g/mol. The summed E-state index contributed by atoms with van der Waals surface area (Å²) < 4.78 is 2.39. The van der Waals surface area contributed by atoms with Gasteiger partial charge in [0.25, 0.3) is 0 Å². The van der Waals surface area contributed by atoms with Crippen molar-refractivity contribution in [2.24, 2.45) is 0 Å². The number of fused-ring (bicyclic) bond motifs is 4. The van der Waals surface area contributed by atoms with Crippen LogP contribution in [0.5, 0.6) is 0 Å². The van der Waals surface area contributed by atoms with Crippen molar-refractivity contribution in [3.05, 3.63) is 108 Å². The molecule has 1 aliphatic carbocycles. The van der Waals surface area contributed by atoms with Gasteiger partial charge in [-0.05, 0) is 35.4 Å². The van der Waals surface area contributed by atoms with Crippen molar-refractivity contribution in [3.8, 4) is 0 Å². The van der Waals surface area contributed by atoms with Crippen LogP contribution >= 0.6 is 0 Å². The molecule has 1 heteroatoms. The third-order valence-corrected chi connectivity index (χ3v) is 5.23. The van der Waals surface area contributed by atoms with E-state index in [4.69, 9.17) is 0 Å². The Morgan fingerprint density at radius 3 is 1.96 bits per heavy atom. The fourth-order valence-electron chi connectivity index (χ4n) is 4.05. The molecule has 26 heavy (non-hydrogen) atoms. The zero-order valence-electron chi connectivity index (χ0n) is 14.5. The highest BCUT2D eigenvalue weighted by Crippen LogP contribution is 2.31. The zero-order valence-corrected chi connectivity index (χ0v) is 14.5. The Morgan fingerprint density at radius 2 is 1.31 bits per heavy atom. The number of aromatic nitrogens is 1. The molecule has 0 saturated carbocycles. The number of hydrogen-bond acceptors (Lipinski definition) is 0. The molecule has 1 aliphatic rings. The lowest BCUT2D eigenvalue weighted by Crippen LogP contribution is -2.29. The minimum atomic E-state index is 0.904. The smallest absolute Gasteiger partial charge is 0.0541 e. The van der Waals surface area contributed by atoms with E-state index in [0.29, 0.717) is 0 Å². The number of benzene rings is 3. The Balaban J connectivity index is 2.05. The third kappa shape index (κ3) is 2.11. The summed E-state index contributed by atoms with van der Waals surface area (Å²) in [5.74, 6) is 0. The number of allylic oxidation sites excluding steroid dienone is 3. The van der Waals surface area contributed by atoms with Crippen LogP contribution in [0.3, 0.4) is 0 Å². The van der Waals surface area contributed by atoms with Crippen molar-refractivity contribution in [2.75, 3.05) is 0 Å². The van der Waals surface area contributed by atoms with Crippen LogP contribution in [0.15, 0.2) is 97.6 Å². The summed E-state index contributed by atoms with van der Waals surface area (Å²) in [7, 11) is 0. The fraction of sp³-hybridized carbons (Fsp3) is 0.0400. The van der Waals surface area contributed by atoms with Crippen molar-refractivity contribution in [1.82, 2.24) is 4.57 Å². The molecule has 0 unspecified atom stereocenters. The minimum absolute atomic E-state index is 0.904. The van der Waals surface area contributed by atoms with Gasteiger partial charge in [-0.25, -0.2) is 0 Å². The molecule has 0 fully saturated rings. The first-order valence-corrected chi connectivity index (χ1v) is 8.98. The average Bonchev–Trinajstić information content (AvgIpc) is 2.91. The van der Waals surface area contributed by atoms with Gasteiger partial charge in [0.15, 0.2) is 0 Å². The van der Waals surface area contributed by atoms with E-state index < -0.39 is 0 Å². The highest BCUT2D eigenvalue weighted by atomic mass is 15.0. The van der Waals surface area contributed by atoms with Crippen molar-refractivity contribution >= 4 is 33.1 Å². The van der Waals surface area contributed by atoms with Gasteiger partial charge in [0.05, 0.1) is 16.7 Å². The molecule has 4 aromatic rings. The topological polar surface area (TPSA) is 4.93 Å². The molecule has 0 N–H and O–H groups in total. The second-order valence-corrected chi connectivity index (χ2v) is 6.64. The molecule has 0 amide bonds. The quantitative estimate of drug-likeness (QED) is 0.499. The van der Waals surface area contributed by atoms with Gasteiger partial charge in [0.2, 0.25) is 0 Å². The van der Waals surface area contributed by atoms with Gasteiger partial charge in [0.1, 0.15) is 0 Å². The first-order valence-electron chi connectivity index (χ1n) is 8.98. The SMILES string of the molecule is C=CC1=c2ccccc2=C(n2c3ccccc3c3ccccc32)C=CC1. The van der Waals surface area contributed by atoms with Crippen molar-refractivity contribution < 1.29 is 0 Å². The zero-order chi connectivity index (χ0) is 17.5. The number of para-hydroxylation sites is 2.